The van der Waals surface area contributed by atoms with Gasteiger partial charge in [-0.1, -0.05) is 17.8 Å². The Hall–Kier alpha value is -1.09. The molecule has 0 unspecified atom stereocenters. The van der Waals surface area contributed by atoms with Gasteiger partial charge in [0.15, 0.2) is 5.12 Å². The second-order valence-electron chi connectivity index (χ2n) is 6.78. The number of hydrogen-bond acceptors (Lipinski definition) is 7. The van der Waals surface area contributed by atoms with Crippen molar-refractivity contribution in [2.24, 2.45) is 0 Å². The maximum absolute atomic E-state index is 11.9. The van der Waals surface area contributed by atoms with Gasteiger partial charge in [0, 0.05) is 12.7 Å². The standard InChI is InChI=1S/C17H23BO5S2/c1-11(19)25-10-13(18-22-16(2,3)17(4,5)23-18)9-12-7-8-24-14(12)15(20)21-6/h7-9H,10H2,1-6H3. The summed E-state index contributed by atoms with van der Waals surface area (Å²) >= 11 is 2.50. The SMILES string of the molecule is COC(=O)c1sccc1C=C(CSC(C)=O)B1OC(C)(C)C(C)(C)O1. The normalized spacial score (nSPS) is 19.1. The lowest BCUT2D eigenvalue weighted by Crippen LogP contribution is -2.41. The molecule has 1 saturated heterocycles. The molecule has 0 radical (unpaired) electrons. The van der Waals surface area contributed by atoms with E-state index in [2.05, 4.69) is 0 Å². The third kappa shape index (κ3) is 4.55. The molecule has 2 rings (SSSR count). The van der Waals surface area contributed by atoms with Gasteiger partial charge < -0.3 is 14.0 Å². The molecule has 136 valence electrons. The van der Waals surface area contributed by atoms with Gasteiger partial charge >= 0.3 is 13.1 Å². The summed E-state index contributed by atoms with van der Waals surface area (Å²) in [5, 5.41) is 1.85. The summed E-state index contributed by atoms with van der Waals surface area (Å²) in [5.74, 6) is 0.0524. The lowest BCUT2D eigenvalue weighted by Gasteiger charge is -2.32. The minimum absolute atomic E-state index is 0.0147. The molecule has 8 heteroatoms. The Morgan fingerprint density at radius 3 is 2.40 bits per heavy atom. The van der Waals surface area contributed by atoms with Crippen LogP contribution in [0.1, 0.15) is 49.9 Å². The molecule has 0 aliphatic carbocycles. The predicted octanol–water partition coefficient (Wildman–Crippen LogP) is 3.83. The summed E-state index contributed by atoms with van der Waals surface area (Å²) in [7, 11) is 0.790. The van der Waals surface area contributed by atoms with E-state index >= 15 is 0 Å². The fourth-order valence-electron chi connectivity index (χ4n) is 2.25. The lowest BCUT2D eigenvalue weighted by atomic mass is 9.78. The van der Waals surface area contributed by atoms with E-state index in [4.69, 9.17) is 14.0 Å². The number of esters is 1. The van der Waals surface area contributed by atoms with E-state index in [1.54, 1.807) is 0 Å². The third-order valence-electron chi connectivity index (χ3n) is 4.41. The van der Waals surface area contributed by atoms with E-state index in [0.717, 1.165) is 11.0 Å². The molecule has 1 aromatic rings. The number of carbonyl (C=O) groups excluding carboxylic acids is 2. The van der Waals surface area contributed by atoms with Gasteiger partial charge in [-0.05, 0) is 50.2 Å². The fraction of sp³-hybridized carbons (Fsp3) is 0.529. The van der Waals surface area contributed by atoms with Gasteiger partial charge in [-0.3, -0.25) is 4.79 Å². The average molecular weight is 382 g/mol. The molecule has 5 nitrogen and oxygen atoms in total. The van der Waals surface area contributed by atoms with E-state index in [9.17, 15) is 9.59 Å². The van der Waals surface area contributed by atoms with Gasteiger partial charge in [0.1, 0.15) is 4.88 Å². The van der Waals surface area contributed by atoms with Crippen LogP contribution in [0.2, 0.25) is 0 Å². The van der Waals surface area contributed by atoms with Crippen molar-refractivity contribution in [3.8, 4) is 0 Å². The first-order chi connectivity index (χ1) is 11.6. The number of thioether (sulfide) groups is 1. The average Bonchev–Trinajstić information content (AvgIpc) is 3.04. The number of rotatable bonds is 5. The monoisotopic (exact) mass is 382 g/mol. The minimum Gasteiger partial charge on any atom is -0.465 e. The first-order valence-electron chi connectivity index (χ1n) is 7.92. The molecule has 1 aliphatic rings. The van der Waals surface area contributed by atoms with E-state index in [1.807, 2.05) is 45.2 Å². The first kappa shape index (κ1) is 20.2. The zero-order valence-electron chi connectivity index (χ0n) is 15.4. The van der Waals surface area contributed by atoms with Crippen LogP contribution >= 0.6 is 23.1 Å². The second-order valence-corrected chi connectivity index (χ2v) is 8.85. The van der Waals surface area contributed by atoms with Crippen LogP contribution in [-0.2, 0) is 18.8 Å². The molecule has 0 atom stereocenters. The fourth-order valence-corrected chi connectivity index (χ4v) is 3.63. The summed E-state index contributed by atoms with van der Waals surface area (Å²) in [6, 6.07) is 1.85. The van der Waals surface area contributed by atoms with Crippen LogP contribution in [0.25, 0.3) is 6.08 Å². The number of thiophene rings is 1. The van der Waals surface area contributed by atoms with Gasteiger partial charge in [0.2, 0.25) is 0 Å². The summed E-state index contributed by atoms with van der Waals surface area (Å²) in [5.41, 5.74) is 0.600. The van der Waals surface area contributed by atoms with Gasteiger partial charge in [0.05, 0.1) is 18.3 Å². The molecule has 0 aromatic carbocycles. The highest BCUT2D eigenvalue weighted by Crippen LogP contribution is 2.39. The van der Waals surface area contributed by atoms with E-state index in [-0.39, 0.29) is 11.1 Å². The van der Waals surface area contributed by atoms with Crippen LogP contribution in [0.15, 0.2) is 16.9 Å². The Morgan fingerprint density at radius 1 is 1.28 bits per heavy atom. The maximum atomic E-state index is 11.9. The summed E-state index contributed by atoms with van der Waals surface area (Å²) in [4.78, 5) is 23.8. The van der Waals surface area contributed by atoms with Crippen molar-refractivity contribution in [1.29, 1.82) is 0 Å². The van der Waals surface area contributed by atoms with Gasteiger partial charge in [0.25, 0.3) is 0 Å². The Balaban J connectivity index is 2.36. The molecule has 1 aromatic heterocycles. The summed E-state index contributed by atoms with van der Waals surface area (Å²) in [6.45, 7) is 9.44. The molecule has 0 bridgehead atoms. The van der Waals surface area contributed by atoms with Crippen LogP contribution in [0.4, 0.5) is 0 Å². The Kier molecular flexibility index (Phi) is 6.19. The van der Waals surface area contributed by atoms with Gasteiger partial charge in [-0.25, -0.2) is 4.79 Å². The largest absolute Gasteiger partial charge is 0.491 e. The molecule has 0 saturated carbocycles. The van der Waals surface area contributed by atoms with Gasteiger partial charge in [-0.2, -0.15) is 0 Å². The van der Waals surface area contributed by atoms with Crippen molar-refractivity contribution in [2.75, 3.05) is 12.9 Å². The molecular weight excluding hydrogens is 359 g/mol. The quantitative estimate of drug-likeness (QED) is 0.570. The predicted molar refractivity (Wildman–Crippen MR) is 103 cm³/mol. The Morgan fingerprint density at radius 2 is 1.88 bits per heavy atom. The Labute approximate surface area is 157 Å². The van der Waals surface area contributed by atoms with Crippen molar-refractivity contribution in [3.05, 3.63) is 27.4 Å². The summed E-state index contributed by atoms with van der Waals surface area (Å²) < 4.78 is 17.0. The van der Waals surface area contributed by atoms with Crippen molar-refractivity contribution in [1.82, 2.24) is 0 Å². The van der Waals surface area contributed by atoms with Crippen molar-refractivity contribution >= 4 is 47.4 Å². The second kappa shape index (κ2) is 7.66. The summed E-state index contributed by atoms with van der Waals surface area (Å²) in [6.07, 6.45) is 1.86. The molecule has 0 amide bonds. The highest BCUT2D eigenvalue weighted by atomic mass is 32.2. The first-order valence-corrected chi connectivity index (χ1v) is 9.79. The maximum Gasteiger partial charge on any atom is 0.491 e. The molecular formula is C17H23BO5S2. The number of methoxy groups -OCH3 is 1. The van der Waals surface area contributed by atoms with Gasteiger partial charge in [-0.15, -0.1) is 11.3 Å². The van der Waals surface area contributed by atoms with E-state index in [0.29, 0.717) is 10.6 Å². The molecule has 2 heterocycles. The molecule has 25 heavy (non-hydrogen) atoms. The zero-order chi connectivity index (χ0) is 18.8. The van der Waals surface area contributed by atoms with E-state index < -0.39 is 18.3 Å². The highest BCUT2D eigenvalue weighted by Gasteiger charge is 2.52. The number of hydrogen-bond donors (Lipinski definition) is 0. The Bertz CT molecular complexity index is 677. The van der Waals surface area contributed by atoms with E-state index in [1.165, 1.54) is 37.1 Å². The number of carbonyl (C=O) groups is 2. The minimum atomic E-state index is -0.567. The lowest BCUT2D eigenvalue weighted by molar-refractivity contribution is -0.109. The van der Waals surface area contributed by atoms with Crippen LogP contribution in [0.5, 0.6) is 0 Å². The smallest absolute Gasteiger partial charge is 0.465 e. The molecule has 1 aliphatic heterocycles. The zero-order valence-corrected chi connectivity index (χ0v) is 17.0. The van der Waals surface area contributed by atoms with Crippen molar-refractivity contribution in [3.63, 3.8) is 0 Å². The topological polar surface area (TPSA) is 61.8 Å². The molecule has 1 fully saturated rings. The van der Waals surface area contributed by atoms with Crippen molar-refractivity contribution < 1.29 is 23.6 Å². The van der Waals surface area contributed by atoms with Crippen LogP contribution in [0.3, 0.4) is 0 Å². The van der Waals surface area contributed by atoms with Crippen molar-refractivity contribution in [2.45, 2.75) is 45.8 Å². The van der Waals surface area contributed by atoms with Crippen LogP contribution < -0.4 is 0 Å². The van der Waals surface area contributed by atoms with Crippen LogP contribution in [-0.4, -0.2) is 42.3 Å². The molecule has 0 N–H and O–H groups in total. The highest BCUT2D eigenvalue weighted by molar-refractivity contribution is 8.13. The third-order valence-corrected chi connectivity index (χ3v) is 6.20. The van der Waals surface area contributed by atoms with Crippen LogP contribution in [0, 0.1) is 0 Å². The molecule has 0 spiro atoms. The number of ether oxygens (including phenoxy) is 1.